The molecule has 0 saturated carbocycles. The van der Waals surface area contributed by atoms with Crippen molar-refractivity contribution in [3.8, 4) is 5.75 Å². The van der Waals surface area contributed by atoms with Crippen LogP contribution < -0.4 is 10.1 Å². The molecule has 1 atom stereocenters. The molecule has 1 rings (SSSR count). The highest BCUT2D eigenvalue weighted by molar-refractivity contribution is 6.30. The van der Waals surface area contributed by atoms with E-state index in [-0.39, 0.29) is 12.1 Å². The molecule has 0 amide bonds. The maximum Gasteiger partial charge on any atom is 0.120 e. The summed E-state index contributed by atoms with van der Waals surface area (Å²) in [5.41, 5.74) is 0. The third-order valence-electron chi connectivity index (χ3n) is 2.29. The van der Waals surface area contributed by atoms with Gasteiger partial charge in [0.25, 0.3) is 0 Å². The van der Waals surface area contributed by atoms with Crippen molar-refractivity contribution in [2.75, 3.05) is 20.3 Å². The van der Waals surface area contributed by atoms with E-state index < -0.39 is 0 Å². The Morgan fingerprint density at radius 1 is 1.29 bits per heavy atom. The lowest BCUT2D eigenvalue weighted by molar-refractivity contribution is 0.0519. The molecule has 0 aliphatic heterocycles. The normalized spacial score (nSPS) is 12.8. The first-order valence-corrected chi connectivity index (χ1v) is 6.17. The molecule has 0 aliphatic carbocycles. The van der Waals surface area contributed by atoms with Crippen LogP contribution in [0.1, 0.15) is 13.8 Å². The van der Waals surface area contributed by atoms with Gasteiger partial charge >= 0.3 is 0 Å². The zero-order chi connectivity index (χ0) is 12.7. The SMILES string of the molecule is CNC(COc1cccc(Cl)c1)COC(C)C. The number of hydrogen-bond acceptors (Lipinski definition) is 3. The van der Waals surface area contributed by atoms with Crippen LogP contribution in [0.15, 0.2) is 24.3 Å². The summed E-state index contributed by atoms with van der Waals surface area (Å²) in [4.78, 5) is 0. The fraction of sp³-hybridized carbons (Fsp3) is 0.538. The minimum atomic E-state index is 0.177. The molecule has 4 heteroatoms. The Kier molecular flexibility index (Phi) is 6.34. The van der Waals surface area contributed by atoms with Crippen molar-refractivity contribution in [3.63, 3.8) is 0 Å². The largest absolute Gasteiger partial charge is 0.492 e. The minimum Gasteiger partial charge on any atom is -0.492 e. The Labute approximate surface area is 108 Å². The second kappa shape index (κ2) is 7.54. The smallest absolute Gasteiger partial charge is 0.120 e. The molecule has 0 heterocycles. The van der Waals surface area contributed by atoms with Crippen LogP contribution in [-0.4, -0.2) is 32.4 Å². The van der Waals surface area contributed by atoms with Gasteiger partial charge in [-0.2, -0.15) is 0 Å². The van der Waals surface area contributed by atoms with Crippen LogP contribution in [0, 0.1) is 0 Å². The number of ether oxygens (including phenoxy) is 2. The Balaban J connectivity index is 2.37. The van der Waals surface area contributed by atoms with Gasteiger partial charge in [-0.3, -0.25) is 0 Å². The highest BCUT2D eigenvalue weighted by atomic mass is 35.5. The first kappa shape index (κ1) is 14.3. The van der Waals surface area contributed by atoms with Crippen molar-refractivity contribution in [3.05, 3.63) is 29.3 Å². The molecule has 17 heavy (non-hydrogen) atoms. The highest BCUT2D eigenvalue weighted by Gasteiger charge is 2.08. The lowest BCUT2D eigenvalue weighted by Crippen LogP contribution is -2.36. The third kappa shape index (κ3) is 5.91. The number of halogens is 1. The van der Waals surface area contributed by atoms with E-state index in [1.54, 1.807) is 6.07 Å². The van der Waals surface area contributed by atoms with Crippen molar-refractivity contribution >= 4 is 11.6 Å². The average molecular weight is 258 g/mol. The van der Waals surface area contributed by atoms with Gasteiger partial charge in [0.2, 0.25) is 0 Å². The number of benzene rings is 1. The standard InChI is InChI=1S/C13H20ClNO2/c1-10(2)16-8-12(15-3)9-17-13-6-4-5-11(14)7-13/h4-7,10,12,15H,8-9H2,1-3H3. The van der Waals surface area contributed by atoms with E-state index in [4.69, 9.17) is 21.1 Å². The maximum atomic E-state index is 5.88. The van der Waals surface area contributed by atoms with Gasteiger partial charge in [-0.1, -0.05) is 17.7 Å². The third-order valence-corrected chi connectivity index (χ3v) is 2.52. The topological polar surface area (TPSA) is 30.5 Å². The van der Waals surface area contributed by atoms with E-state index >= 15 is 0 Å². The molecule has 1 aromatic carbocycles. The van der Waals surface area contributed by atoms with Crippen LogP contribution >= 0.6 is 11.6 Å². The predicted octanol–water partition coefficient (Wildman–Crippen LogP) is 2.73. The first-order chi connectivity index (χ1) is 8.11. The van der Waals surface area contributed by atoms with Gasteiger partial charge in [0.1, 0.15) is 12.4 Å². The molecule has 0 bridgehead atoms. The van der Waals surface area contributed by atoms with Gasteiger partial charge in [-0.25, -0.2) is 0 Å². The van der Waals surface area contributed by atoms with Crippen molar-refractivity contribution in [1.82, 2.24) is 5.32 Å². The number of nitrogens with one attached hydrogen (secondary N) is 1. The van der Waals surface area contributed by atoms with E-state index in [1.807, 2.05) is 39.1 Å². The van der Waals surface area contributed by atoms with Crippen LogP contribution in [0.25, 0.3) is 0 Å². The van der Waals surface area contributed by atoms with Gasteiger partial charge < -0.3 is 14.8 Å². The molecular formula is C13H20ClNO2. The molecule has 0 saturated heterocycles. The number of hydrogen-bond donors (Lipinski definition) is 1. The summed E-state index contributed by atoms with van der Waals surface area (Å²) in [5.74, 6) is 0.780. The lowest BCUT2D eigenvalue weighted by atomic mass is 10.3. The number of rotatable bonds is 7. The minimum absolute atomic E-state index is 0.177. The molecule has 0 fully saturated rings. The monoisotopic (exact) mass is 257 g/mol. The predicted molar refractivity (Wildman–Crippen MR) is 70.9 cm³/mol. The van der Waals surface area contributed by atoms with Gasteiger partial charge in [0.05, 0.1) is 18.8 Å². The molecule has 0 spiro atoms. The van der Waals surface area contributed by atoms with Crippen LogP contribution in [0.5, 0.6) is 5.75 Å². The summed E-state index contributed by atoms with van der Waals surface area (Å²) in [5, 5.41) is 3.84. The van der Waals surface area contributed by atoms with Crippen LogP contribution in [0.2, 0.25) is 5.02 Å². The Bertz CT molecular complexity index is 331. The summed E-state index contributed by atoms with van der Waals surface area (Å²) in [7, 11) is 1.90. The molecule has 96 valence electrons. The molecule has 0 aliphatic rings. The summed E-state index contributed by atoms with van der Waals surface area (Å²) in [6.45, 7) is 5.23. The zero-order valence-corrected chi connectivity index (χ0v) is 11.3. The van der Waals surface area contributed by atoms with Crippen LogP contribution in [-0.2, 0) is 4.74 Å². The summed E-state index contributed by atoms with van der Waals surface area (Å²) < 4.78 is 11.2. The zero-order valence-electron chi connectivity index (χ0n) is 10.6. The molecule has 1 aromatic rings. The molecule has 1 unspecified atom stereocenters. The number of likely N-dealkylation sites (N-methyl/N-ethyl adjacent to an activating group) is 1. The second-order valence-electron chi connectivity index (χ2n) is 4.14. The average Bonchev–Trinajstić information content (AvgIpc) is 2.29. The van der Waals surface area contributed by atoms with E-state index in [0.717, 1.165) is 5.75 Å². The second-order valence-corrected chi connectivity index (χ2v) is 4.57. The molecule has 0 radical (unpaired) electrons. The lowest BCUT2D eigenvalue weighted by Gasteiger charge is -2.18. The fourth-order valence-corrected chi connectivity index (χ4v) is 1.46. The van der Waals surface area contributed by atoms with E-state index in [0.29, 0.717) is 18.2 Å². The van der Waals surface area contributed by atoms with Gasteiger partial charge in [-0.05, 0) is 39.1 Å². The van der Waals surface area contributed by atoms with Crippen molar-refractivity contribution in [2.45, 2.75) is 26.0 Å². The van der Waals surface area contributed by atoms with Gasteiger partial charge in [0, 0.05) is 5.02 Å². The van der Waals surface area contributed by atoms with Gasteiger partial charge in [-0.15, -0.1) is 0 Å². The summed E-state index contributed by atoms with van der Waals surface area (Å²) in [6.07, 6.45) is 0.233. The van der Waals surface area contributed by atoms with Crippen molar-refractivity contribution in [1.29, 1.82) is 0 Å². The Hall–Kier alpha value is -0.770. The van der Waals surface area contributed by atoms with Crippen LogP contribution in [0.3, 0.4) is 0 Å². The van der Waals surface area contributed by atoms with E-state index in [2.05, 4.69) is 5.32 Å². The molecule has 1 N–H and O–H groups in total. The highest BCUT2D eigenvalue weighted by Crippen LogP contribution is 2.17. The Morgan fingerprint density at radius 3 is 2.65 bits per heavy atom. The summed E-state index contributed by atoms with van der Waals surface area (Å²) in [6, 6.07) is 7.57. The maximum absolute atomic E-state index is 5.88. The first-order valence-electron chi connectivity index (χ1n) is 5.79. The molecular weight excluding hydrogens is 238 g/mol. The molecule has 3 nitrogen and oxygen atoms in total. The van der Waals surface area contributed by atoms with E-state index in [1.165, 1.54) is 0 Å². The Morgan fingerprint density at radius 2 is 2.06 bits per heavy atom. The van der Waals surface area contributed by atoms with Crippen molar-refractivity contribution < 1.29 is 9.47 Å². The molecule has 0 aromatic heterocycles. The van der Waals surface area contributed by atoms with Crippen molar-refractivity contribution in [2.24, 2.45) is 0 Å². The van der Waals surface area contributed by atoms with Crippen LogP contribution in [0.4, 0.5) is 0 Å². The fourth-order valence-electron chi connectivity index (χ4n) is 1.28. The quantitative estimate of drug-likeness (QED) is 0.815. The summed E-state index contributed by atoms with van der Waals surface area (Å²) >= 11 is 5.88. The van der Waals surface area contributed by atoms with Gasteiger partial charge in [0.15, 0.2) is 0 Å². The van der Waals surface area contributed by atoms with E-state index in [9.17, 15) is 0 Å².